The van der Waals surface area contributed by atoms with Gasteiger partial charge in [-0.25, -0.2) is 0 Å². The summed E-state index contributed by atoms with van der Waals surface area (Å²) in [6.45, 7) is 3.17. The summed E-state index contributed by atoms with van der Waals surface area (Å²) < 4.78 is 0. The summed E-state index contributed by atoms with van der Waals surface area (Å²) in [4.78, 5) is 27.4. The van der Waals surface area contributed by atoms with E-state index in [0.717, 1.165) is 18.7 Å². The number of para-hydroxylation sites is 1. The molecule has 5 nitrogen and oxygen atoms in total. The van der Waals surface area contributed by atoms with Gasteiger partial charge in [0.15, 0.2) is 0 Å². The van der Waals surface area contributed by atoms with Crippen LogP contribution in [0.25, 0.3) is 0 Å². The number of primary amides is 1. The van der Waals surface area contributed by atoms with E-state index in [0.29, 0.717) is 13.1 Å². The van der Waals surface area contributed by atoms with E-state index in [1.165, 1.54) is 18.5 Å². The molecular weight excluding hydrogens is 266 g/mol. The van der Waals surface area contributed by atoms with E-state index in [9.17, 15) is 9.59 Å². The van der Waals surface area contributed by atoms with Crippen LogP contribution in [0.4, 0.5) is 5.69 Å². The fourth-order valence-corrected chi connectivity index (χ4v) is 3.23. The molecule has 112 valence electrons. The predicted molar refractivity (Wildman–Crippen MR) is 80.6 cm³/mol. The second-order valence-electron chi connectivity index (χ2n) is 5.90. The summed E-state index contributed by atoms with van der Waals surface area (Å²) in [5.41, 5.74) is 7.68. The summed E-state index contributed by atoms with van der Waals surface area (Å²) in [6, 6.07) is 8.22. The lowest BCUT2D eigenvalue weighted by Crippen LogP contribution is -2.29. The highest BCUT2D eigenvalue weighted by molar-refractivity contribution is 5.88. The third-order valence-electron chi connectivity index (χ3n) is 4.42. The normalized spacial score (nSPS) is 22.1. The minimum atomic E-state index is -0.376. The topological polar surface area (TPSA) is 66.6 Å². The molecule has 2 aliphatic rings. The monoisotopic (exact) mass is 287 g/mol. The highest BCUT2D eigenvalue weighted by atomic mass is 16.2. The van der Waals surface area contributed by atoms with E-state index in [1.54, 1.807) is 4.90 Å². The number of nitrogens with zero attached hydrogens (tertiary/aromatic N) is 2. The maximum absolute atomic E-state index is 12.0. The molecule has 0 spiro atoms. The van der Waals surface area contributed by atoms with Gasteiger partial charge in [0.1, 0.15) is 0 Å². The Morgan fingerprint density at radius 1 is 1.24 bits per heavy atom. The van der Waals surface area contributed by atoms with Crippen LogP contribution in [-0.4, -0.2) is 36.3 Å². The molecule has 1 aromatic carbocycles. The first kappa shape index (κ1) is 13.9. The molecule has 0 radical (unpaired) electrons. The molecule has 5 heteroatoms. The number of carbonyl (C=O) groups is 2. The molecular formula is C16H21N3O2. The van der Waals surface area contributed by atoms with E-state index in [2.05, 4.69) is 17.0 Å². The van der Waals surface area contributed by atoms with Crippen molar-refractivity contribution >= 4 is 17.5 Å². The first-order valence-electron chi connectivity index (χ1n) is 7.55. The van der Waals surface area contributed by atoms with Crippen LogP contribution in [0.1, 0.15) is 24.8 Å². The van der Waals surface area contributed by atoms with Crippen LogP contribution < -0.4 is 10.6 Å². The molecule has 1 atom stereocenters. The maximum Gasteiger partial charge on any atom is 0.223 e. The Labute approximate surface area is 124 Å². The highest BCUT2D eigenvalue weighted by Gasteiger charge is 2.33. The Morgan fingerprint density at radius 2 is 1.95 bits per heavy atom. The molecule has 0 aliphatic carbocycles. The molecule has 0 aromatic heterocycles. The molecule has 2 amide bonds. The Balaban J connectivity index is 1.76. The van der Waals surface area contributed by atoms with Crippen LogP contribution in [0.2, 0.25) is 0 Å². The van der Waals surface area contributed by atoms with Gasteiger partial charge in [0, 0.05) is 38.3 Å². The number of hydrogen-bond donors (Lipinski definition) is 1. The van der Waals surface area contributed by atoms with E-state index in [-0.39, 0.29) is 24.2 Å². The van der Waals surface area contributed by atoms with Crippen LogP contribution in [0.15, 0.2) is 24.3 Å². The Morgan fingerprint density at radius 3 is 2.62 bits per heavy atom. The fourth-order valence-electron chi connectivity index (χ4n) is 3.23. The zero-order chi connectivity index (χ0) is 14.8. The molecule has 2 N–H and O–H groups in total. The number of likely N-dealkylation sites (tertiary alicyclic amines) is 1. The molecule has 2 heterocycles. The molecule has 0 bridgehead atoms. The predicted octanol–water partition coefficient (Wildman–Crippen LogP) is 1.12. The first-order valence-corrected chi connectivity index (χ1v) is 7.55. The molecule has 3 rings (SSSR count). The van der Waals surface area contributed by atoms with Gasteiger partial charge in [-0.3, -0.25) is 9.59 Å². The van der Waals surface area contributed by atoms with Crippen LogP contribution in [-0.2, 0) is 16.1 Å². The first-order chi connectivity index (χ1) is 10.1. The zero-order valence-electron chi connectivity index (χ0n) is 12.1. The summed E-state index contributed by atoms with van der Waals surface area (Å²) in [7, 11) is 0. The van der Waals surface area contributed by atoms with Crippen molar-refractivity contribution in [1.82, 2.24) is 4.90 Å². The van der Waals surface area contributed by atoms with E-state index in [1.807, 2.05) is 12.1 Å². The van der Waals surface area contributed by atoms with Crippen molar-refractivity contribution in [2.24, 2.45) is 11.7 Å². The van der Waals surface area contributed by atoms with Crippen molar-refractivity contribution < 1.29 is 9.59 Å². The van der Waals surface area contributed by atoms with E-state index < -0.39 is 0 Å². The van der Waals surface area contributed by atoms with Gasteiger partial charge in [-0.2, -0.15) is 0 Å². The summed E-state index contributed by atoms with van der Waals surface area (Å²) >= 11 is 0. The van der Waals surface area contributed by atoms with Gasteiger partial charge in [0.25, 0.3) is 0 Å². The van der Waals surface area contributed by atoms with E-state index >= 15 is 0 Å². The average molecular weight is 287 g/mol. The fraction of sp³-hybridized carbons (Fsp3) is 0.500. The SMILES string of the molecule is NC(=O)C1CC(=O)N(Cc2ccccc2N2CCCC2)C1. The lowest BCUT2D eigenvalue weighted by molar-refractivity contribution is -0.128. The number of anilines is 1. The summed E-state index contributed by atoms with van der Waals surface area (Å²) in [6.07, 6.45) is 2.70. The Hall–Kier alpha value is -2.04. The van der Waals surface area contributed by atoms with Gasteiger partial charge >= 0.3 is 0 Å². The molecule has 1 unspecified atom stereocenters. The maximum atomic E-state index is 12.0. The smallest absolute Gasteiger partial charge is 0.223 e. The number of carbonyl (C=O) groups excluding carboxylic acids is 2. The third kappa shape index (κ3) is 2.86. The van der Waals surface area contributed by atoms with Crippen molar-refractivity contribution in [3.05, 3.63) is 29.8 Å². The van der Waals surface area contributed by atoms with Crippen molar-refractivity contribution in [3.8, 4) is 0 Å². The van der Waals surface area contributed by atoms with Gasteiger partial charge in [0.05, 0.1) is 5.92 Å². The Bertz CT molecular complexity index is 552. The molecule has 0 saturated carbocycles. The quantitative estimate of drug-likeness (QED) is 0.902. The molecule has 2 fully saturated rings. The van der Waals surface area contributed by atoms with Crippen molar-refractivity contribution in [2.75, 3.05) is 24.5 Å². The van der Waals surface area contributed by atoms with Crippen molar-refractivity contribution in [2.45, 2.75) is 25.8 Å². The third-order valence-corrected chi connectivity index (χ3v) is 4.42. The van der Waals surface area contributed by atoms with Crippen molar-refractivity contribution in [3.63, 3.8) is 0 Å². The number of benzene rings is 1. The molecule has 21 heavy (non-hydrogen) atoms. The van der Waals surface area contributed by atoms with Crippen molar-refractivity contribution in [1.29, 1.82) is 0 Å². The second kappa shape index (κ2) is 5.76. The minimum Gasteiger partial charge on any atom is -0.371 e. The number of hydrogen-bond acceptors (Lipinski definition) is 3. The highest BCUT2D eigenvalue weighted by Crippen LogP contribution is 2.27. The number of nitrogens with two attached hydrogens (primary N) is 1. The summed E-state index contributed by atoms with van der Waals surface area (Å²) in [5, 5.41) is 0. The van der Waals surface area contributed by atoms with Gasteiger partial charge in [-0.15, -0.1) is 0 Å². The number of amides is 2. The molecule has 1 aromatic rings. The van der Waals surface area contributed by atoms with Crippen LogP contribution in [0, 0.1) is 5.92 Å². The molecule has 2 aliphatic heterocycles. The molecule has 2 saturated heterocycles. The standard InChI is InChI=1S/C16H21N3O2/c17-16(21)13-9-15(20)19(11-13)10-12-5-1-2-6-14(12)18-7-3-4-8-18/h1-2,5-6,13H,3-4,7-11H2,(H2,17,21). The van der Waals surface area contributed by atoms with Crippen LogP contribution in [0.5, 0.6) is 0 Å². The van der Waals surface area contributed by atoms with Gasteiger partial charge in [-0.05, 0) is 24.5 Å². The second-order valence-corrected chi connectivity index (χ2v) is 5.90. The minimum absolute atomic E-state index is 0.0232. The van der Waals surface area contributed by atoms with Gasteiger partial charge < -0.3 is 15.5 Å². The largest absolute Gasteiger partial charge is 0.371 e. The Kier molecular flexibility index (Phi) is 3.82. The van der Waals surface area contributed by atoms with Crippen LogP contribution >= 0.6 is 0 Å². The lowest BCUT2D eigenvalue weighted by Gasteiger charge is -2.24. The van der Waals surface area contributed by atoms with Gasteiger partial charge in [-0.1, -0.05) is 18.2 Å². The lowest BCUT2D eigenvalue weighted by atomic mass is 10.1. The van der Waals surface area contributed by atoms with Gasteiger partial charge in [0.2, 0.25) is 11.8 Å². The average Bonchev–Trinajstić information content (AvgIpc) is 3.10. The number of rotatable bonds is 4. The van der Waals surface area contributed by atoms with Crippen LogP contribution in [0.3, 0.4) is 0 Å². The van der Waals surface area contributed by atoms with E-state index in [4.69, 9.17) is 5.73 Å². The zero-order valence-corrected chi connectivity index (χ0v) is 12.1. The summed E-state index contributed by atoms with van der Waals surface area (Å²) in [5.74, 6) is -0.690.